The Morgan fingerprint density at radius 1 is 1.38 bits per heavy atom. The predicted molar refractivity (Wildman–Crippen MR) is 104 cm³/mol. The van der Waals surface area contributed by atoms with E-state index in [1.807, 2.05) is 24.3 Å². The molecule has 1 aliphatic rings. The largest absolute Gasteiger partial charge is 0.462 e. The van der Waals surface area contributed by atoms with Crippen LogP contribution in [0.15, 0.2) is 24.3 Å². The van der Waals surface area contributed by atoms with Gasteiger partial charge in [0.25, 0.3) is 0 Å². The molecule has 0 amide bonds. The summed E-state index contributed by atoms with van der Waals surface area (Å²) in [5.41, 5.74) is 0.877. The minimum Gasteiger partial charge on any atom is -0.462 e. The lowest BCUT2D eigenvalue weighted by Crippen LogP contribution is -2.36. The summed E-state index contributed by atoms with van der Waals surface area (Å²) in [7, 11) is 0. The van der Waals surface area contributed by atoms with Crippen molar-refractivity contribution in [1.29, 1.82) is 5.26 Å². The average molecular weight is 371 g/mol. The molecule has 4 nitrogen and oxygen atoms in total. The van der Waals surface area contributed by atoms with Crippen molar-refractivity contribution in [3.05, 3.63) is 29.3 Å². The number of para-hydroxylation sites is 1. The van der Waals surface area contributed by atoms with Gasteiger partial charge in [0.2, 0.25) is 0 Å². The van der Waals surface area contributed by atoms with Gasteiger partial charge in [-0.05, 0) is 42.7 Å². The third kappa shape index (κ3) is 4.24. The van der Waals surface area contributed by atoms with Crippen molar-refractivity contribution in [1.82, 2.24) is 4.98 Å². The maximum atomic E-state index is 12.5. The van der Waals surface area contributed by atoms with E-state index in [9.17, 15) is 10.1 Å². The molecule has 2 aromatic rings. The molecule has 5 heteroatoms. The molecule has 3 rings (SSSR count). The van der Waals surface area contributed by atoms with Crippen molar-refractivity contribution in [2.24, 2.45) is 17.8 Å². The molecule has 0 aliphatic heterocycles. The van der Waals surface area contributed by atoms with Crippen LogP contribution in [0, 0.1) is 29.1 Å². The van der Waals surface area contributed by atoms with Crippen molar-refractivity contribution in [3.8, 4) is 6.07 Å². The quantitative estimate of drug-likeness (QED) is 0.670. The van der Waals surface area contributed by atoms with Crippen LogP contribution < -0.4 is 0 Å². The summed E-state index contributed by atoms with van der Waals surface area (Å²) in [6, 6.07) is 10.0. The highest BCUT2D eigenvalue weighted by atomic mass is 32.1. The van der Waals surface area contributed by atoms with Gasteiger partial charge in [-0.1, -0.05) is 39.3 Å². The molecule has 0 radical (unpaired) electrons. The first-order chi connectivity index (χ1) is 12.5. The smallest absolute Gasteiger partial charge is 0.307 e. The molecule has 1 aliphatic carbocycles. The molecule has 1 saturated carbocycles. The fraction of sp³-hybridized carbons (Fsp3) is 0.571. The molecule has 0 N–H and O–H groups in total. The van der Waals surface area contributed by atoms with Gasteiger partial charge in [-0.2, -0.15) is 5.26 Å². The number of benzene rings is 1. The number of nitrogens with zero attached hydrogens (tertiary/aromatic N) is 2. The van der Waals surface area contributed by atoms with E-state index in [4.69, 9.17) is 4.74 Å². The number of carbonyl (C=O) groups is 1. The SMILES string of the molecule is CC1CCC(C(C)C)C(OC(=O)CC(C#N)c2nc3ccccc3s2)C1. The number of ether oxygens (including phenoxy) is 1. The van der Waals surface area contributed by atoms with Gasteiger partial charge in [-0.3, -0.25) is 4.79 Å². The summed E-state index contributed by atoms with van der Waals surface area (Å²) in [6.07, 6.45) is 3.28. The van der Waals surface area contributed by atoms with Crippen LogP contribution in [0.1, 0.15) is 57.4 Å². The number of nitriles is 1. The van der Waals surface area contributed by atoms with Crippen LogP contribution in [0.2, 0.25) is 0 Å². The lowest BCUT2D eigenvalue weighted by molar-refractivity contribution is -0.156. The number of fused-ring (bicyclic) bond motifs is 1. The van der Waals surface area contributed by atoms with Gasteiger partial charge in [0.05, 0.1) is 22.7 Å². The maximum absolute atomic E-state index is 12.5. The van der Waals surface area contributed by atoms with E-state index in [0.29, 0.717) is 22.8 Å². The van der Waals surface area contributed by atoms with E-state index < -0.39 is 5.92 Å². The van der Waals surface area contributed by atoms with Crippen molar-refractivity contribution >= 4 is 27.5 Å². The molecule has 0 bridgehead atoms. The molecule has 1 fully saturated rings. The van der Waals surface area contributed by atoms with E-state index in [0.717, 1.165) is 23.1 Å². The van der Waals surface area contributed by atoms with Gasteiger partial charge in [0, 0.05) is 0 Å². The Bertz CT molecular complexity index is 775. The van der Waals surface area contributed by atoms with Gasteiger partial charge < -0.3 is 4.74 Å². The second-order valence-corrected chi connectivity index (χ2v) is 8.82. The molecule has 4 unspecified atom stereocenters. The van der Waals surface area contributed by atoms with Crippen molar-refractivity contribution in [2.45, 2.75) is 58.5 Å². The van der Waals surface area contributed by atoms with Crippen molar-refractivity contribution in [3.63, 3.8) is 0 Å². The van der Waals surface area contributed by atoms with E-state index in [2.05, 4.69) is 31.8 Å². The highest BCUT2D eigenvalue weighted by Crippen LogP contribution is 2.36. The van der Waals surface area contributed by atoms with Crippen LogP contribution in [0.4, 0.5) is 0 Å². The fourth-order valence-electron chi connectivity index (χ4n) is 3.86. The monoisotopic (exact) mass is 370 g/mol. The minimum absolute atomic E-state index is 0.0269. The Kier molecular flexibility index (Phi) is 5.93. The summed E-state index contributed by atoms with van der Waals surface area (Å²) in [4.78, 5) is 17.1. The number of carbonyl (C=O) groups excluding carboxylic acids is 1. The normalized spacial score (nSPS) is 24.3. The van der Waals surface area contributed by atoms with E-state index in [-0.39, 0.29) is 18.5 Å². The fourth-order valence-corrected chi connectivity index (χ4v) is 4.87. The Morgan fingerprint density at radius 3 is 2.85 bits per heavy atom. The zero-order chi connectivity index (χ0) is 18.7. The Balaban J connectivity index is 1.68. The lowest BCUT2D eigenvalue weighted by atomic mass is 9.75. The molecule has 138 valence electrons. The molecular formula is C21H26N2O2S. The van der Waals surface area contributed by atoms with Crippen molar-refractivity contribution in [2.75, 3.05) is 0 Å². The van der Waals surface area contributed by atoms with Gasteiger partial charge in [0.1, 0.15) is 17.0 Å². The molecule has 1 heterocycles. The zero-order valence-electron chi connectivity index (χ0n) is 15.6. The average Bonchev–Trinajstić information content (AvgIpc) is 3.03. The standard InChI is InChI=1S/C21H26N2O2S/c1-13(2)16-9-8-14(3)10-18(16)25-20(24)11-15(12-22)21-23-17-6-4-5-7-19(17)26-21/h4-7,13-16,18H,8-11H2,1-3H3. The predicted octanol–water partition coefficient (Wildman–Crippen LogP) is 5.30. The topological polar surface area (TPSA) is 63.0 Å². The first-order valence-corrected chi connectivity index (χ1v) is 10.2. The van der Waals surface area contributed by atoms with Crippen LogP contribution >= 0.6 is 11.3 Å². The number of aromatic nitrogens is 1. The third-order valence-corrected chi connectivity index (χ3v) is 6.53. The lowest BCUT2D eigenvalue weighted by Gasteiger charge is -2.36. The molecule has 4 atom stereocenters. The second kappa shape index (κ2) is 8.18. The minimum atomic E-state index is -0.543. The summed E-state index contributed by atoms with van der Waals surface area (Å²) < 4.78 is 6.89. The Morgan fingerprint density at radius 2 is 2.15 bits per heavy atom. The number of hydrogen-bond acceptors (Lipinski definition) is 5. The number of esters is 1. The first kappa shape index (κ1) is 18.8. The molecule has 26 heavy (non-hydrogen) atoms. The highest BCUT2D eigenvalue weighted by molar-refractivity contribution is 7.18. The van der Waals surface area contributed by atoms with Crippen LogP contribution in [0.25, 0.3) is 10.2 Å². The summed E-state index contributed by atoms with van der Waals surface area (Å²) in [5, 5.41) is 10.2. The maximum Gasteiger partial charge on any atom is 0.307 e. The second-order valence-electron chi connectivity index (χ2n) is 7.76. The van der Waals surface area contributed by atoms with E-state index >= 15 is 0 Å². The van der Waals surface area contributed by atoms with Gasteiger partial charge in [0.15, 0.2) is 0 Å². The van der Waals surface area contributed by atoms with Crippen LogP contribution in [-0.2, 0) is 9.53 Å². The van der Waals surface area contributed by atoms with Crippen LogP contribution in [0.5, 0.6) is 0 Å². The van der Waals surface area contributed by atoms with E-state index in [1.54, 1.807) is 0 Å². The van der Waals surface area contributed by atoms with Gasteiger partial charge >= 0.3 is 5.97 Å². The third-order valence-electron chi connectivity index (χ3n) is 5.38. The van der Waals surface area contributed by atoms with Gasteiger partial charge in [-0.15, -0.1) is 11.3 Å². The molecule has 0 spiro atoms. The van der Waals surface area contributed by atoms with Gasteiger partial charge in [-0.25, -0.2) is 4.98 Å². The summed E-state index contributed by atoms with van der Waals surface area (Å²) in [6.45, 7) is 6.61. The van der Waals surface area contributed by atoms with Crippen molar-refractivity contribution < 1.29 is 9.53 Å². The van der Waals surface area contributed by atoms with Crippen LogP contribution in [0.3, 0.4) is 0 Å². The molecular weight excluding hydrogens is 344 g/mol. The Labute approximate surface area is 159 Å². The summed E-state index contributed by atoms with van der Waals surface area (Å²) >= 11 is 1.48. The Hall–Kier alpha value is -1.93. The van der Waals surface area contributed by atoms with Crippen LogP contribution in [-0.4, -0.2) is 17.1 Å². The molecule has 1 aromatic carbocycles. The highest BCUT2D eigenvalue weighted by Gasteiger charge is 2.34. The summed E-state index contributed by atoms with van der Waals surface area (Å²) in [5.74, 6) is 0.673. The number of hydrogen-bond donors (Lipinski definition) is 0. The van der Waals surface area contributed by atoms with E-state index in [1.165, 1.54) is 17.8 Å². The molecule has 0 saturated heterocycles. The number of rotatable bonds is 5. The zero-order valence-corrected chi connectivity index (χ0v) is 16.5. The number of thiazole rings is 1. The molecule has 1 aromatic heterocycles. The first-order valence-electron chi connectivity index (χ1n) is 9.42.